The lowest BCUT2D eigenvalue weighted by Gasteiger charge is -2.17. The van der Waals surface area contributed by atoms with Crippen LogP contribution in [0.4, 0.5) is 0 Å². The van der Waals surface area contributed by atoms with E-state index in [4.69, 9.17) is 37.9 Å². The summed E-state index contributed by atoms with van der Waals surface area (Å²) in [4.78, 5) is 109. The molecule has 18 N–H and O–H groups in total. The van der Waals surface area contributed by atoms with Gasteiger partial charge in [-0.1, -0.05) is 38.5 Å². The van der Waals surface area contributed by atoms with Crippen molar-refractivity contribution in [1.82, 2.24) is 0 Å². The fourth-order valence-electron chi connectivity index (χ4n) is 8.93. The zero-order valence-corrected chi connectivity index (χ0v) is 50.9. The van der Waals surface area contributed by atoms with Crippen LogP contribution in [-0.4, -0.2) is 153 Å². The van der Waals surface area contributed by atoms with E-state index in [1.807, 2.05) is 0 Å². The molecule has 0 radical (unpaired) electrons. The third-order valence-corrected chi connectivity index (χ3v) is 14.1. The molecular weight excluding hydrogens is 1340 g/mol. The summed E-state index contributed by atoms with van der Waals surface area (Å²) in [6.45, 7) is -0.535. The van der Waals surface area contributed by atoms with Crippen molar-refractivity contribution in [2.45, 2.75) is 51.4 Å². The van der Waals surface area contributed by atoms with Gasteiger partial charge in [0, 0.05) is 0 Å². The normalized spacial score (nSPS) is 10.8. The molecular formula is C66H54O34. The summed E-state index contributed by atoms with van der Waals surface area (Å²) in [6.07, 6.45) is 3.78. The fourth-order valence-corrected chi connectivity index (χ4v) is 8.93. The first-order chi connectivity index (χ1) is 47.3. The molecule has 0 bridgehead atoms. The molecule has 0 fully saturated rings. The standard InChI is InChI=1S/C66H54O34/c67-35-11-27(12-36(68)51(35)79)61(87)95-47-23-33(24-48(96-62(88)28-13-37(69)52(80)38(70)14-28)57(47)99-65(91)31-19-43(75)55(83)44(76)20-31)59(85)93-9-7-5-3-1-2-4-6-8-10-94-60(86)34-25-49(97-63(89)29-15-39(71)53(81)40(72)16-29)58(100-66(92)32-21-45(77)56(84)46(78)22-32)50(26-34)98-64(90)30-17-41(73)54(82)42(74)18-30/h11-26,67-84H,1-10H2. The average Bonchev–Trinajstić information content (AvgIpc) is 0.792. The van der Waals surface area contributed by atoms with Gasteiger partial charge >= 0.3 is 47.8 Å². The van der Waals surface area contributed by atoms with Gasteiger partial charge in [-0.15, -0.1) is 0 Å². The summed E-state index contributed by atoms with van der Waals surface area (Å²) in [6, 6.07) is 10.6. The molecule has 0 saturated heterocycles. The minimum Gasteiger partial charge on any atom is -0.504 e. The van der Waals surface area contributed by atoms with Crippen LogP contribution in [0.25, 0.3) is 0 Å². The van der Waals surface area contributed by atoms with Gasteiger partial charge in [0.05, 0.1) is 57.7 Å². The number of hydrogen-bond donors (Lipinski definition) is 18. The van der Waals surface area contributed by atoms with Crippen LogP contribution >= 0.6 is 0 Å². The fraction of sp³-hybridized carbons (Fsp3) is 0.152. The maximum atomic E-state index is 13.7. The highest BCUT2D eigenvalue weighted by Crippen LogP contribution is 2.47. The Morgan fingerprint density at radius 2 is 0.350 bits per heavy atom. The van der Waals surface area contributed by atoms with Gasteiger partial charge in [-0.3, -0.25) is 0 Å². The third-order valence-electron chi connectivity index (χ3n) is 14.1. The molecule has 0 aromatic heterocycles. The summed E-state index contributed by atoms with van der Waals surface area (Å²) in [5, 5.41) is 180. The van der Waals surface area contributed by atoms with Gasteiger partial charge in [0.2, 0.25) is 11.5 Å². The molecule has 100 heavy (non-hydrogen) atoms. The maximum absolute atomic E-state index is 13.7. The van der Waals surface area contributed by atoms with Gasteiger partial charge in [-0.25, -0.2) is 38.4 Å². The first kappa shape index (κ1) is 71.8. The molecule has 8 aromatic carbocycles. The van der Waals surface area contributed by atoms with E-state index in [-0.39, 0.29) is 26.1 Å². The molecule has 8 aromatic rings. The van der Waals surface area contributed by atoms with Crippen molar-refractivity contribution in [2.75, 3.05) is 13.2 Å². The van der Waals surface area contributed by atoms with Crippen LogP contribution in [0.1, 0.15) is 134 Å². The van der Waals surface area contributed by atoms with E-state index in [0.717, 1.165) is 24.3 Å². The third kappa shape index (κ3) is 16.9. The van der Waals surface area contributed by atoms with Gasteiger partial charge in [0.15, 0.2) is 126 Å². The lowest BCUT2D eigenvalue weighted by atomic mass is 10.1. The van der Waals surface area contributed by atoms with Crippen molar-refractivity contribution in [1.29, 1.82) is 0 Å². The zero-order valence-electron chi connectivity index (χ0n) is 50.9. The Balaban J connectivity index is 0.925. The average molecular weight is 1390 g/mol. The molecule has 0 spiro atoms. The lowest BCUT2D eigenvalue weighted by molar-refractivity contribution is 0.0485. The zero-order chi connectivity index (χ0) is 73.1. The number of phenols is 18. The van der Waals surface area contributed by atoms with Gasteiger partial charge in [-0.2, -0.15) is 0 Å². The summed E-state index contributed by atoms with van der Waals surface area (Å²) >= 11 is 0. The van der Waals surface area contributed by atoms with Crippen LogP contribution in [-0.2, 0) is 9.47 Å². The minimum absolute atomic E-state index is 0.238. The van der Waals surface area contributed by atoms with E-state index < -0.39 is 230 Å². The van der Waals surface area contributed by atoms with Crippen LogP contribution in [0.15, 0.2) is 97.1 Å². The van der Waals surface area contributed by atoms with Gasteiger partial charge in [-0.05, 0) is 110 Å². The summed E-state index contributed by atoms with van der Waals surface area (Å²) in [5.74, 6) is -35.7. The molecule has 34 nitrogen and oxygen atoms in total. The Morgan fingerprint density at radius 1 is 0.200 bits per heavy atom. The first-order valence-corrected chi connectivity index (χ1v) is 28.8. The monoisotopic (exact) mass is 1390 g/mol. The maximum Gasteiger partial charge on any atom is 0.344 e. The van der Waals surface area contributed by atoms with Crippen molar-refractivity contribution >= 4 is 47.8 Å². The second-order valence-corrected chi connectivity index (χ2v) is 21.2. The number of unbranched alkanes of at least 4 members (excludes halogenated alkanes) is 7. The summed E-state index contributed by atoms with van der Waals surface area (Å²) in [7, 11) is 0. The van der Waals surface area contributed by atoms with Crippen LogP contribution in [0, 0.1) is 0 Å². The Labute approximate surface area is 558 Å². The predicted octanol–water partition coefficient (Wildman–Crippen LogP) is 7.84. The van der Waals surface area contributed by atoms with E-state index in [9.17, 15) is 130 Å². The van der Waals surface area contributed by atoms with Crippen LogP contribution in [0.5, 0.6) is 138 Å². The van der Waals surface area contributed by atoms with Crippen molar-refractivity contribution < 1.29 is 168 Å². The van der Waals surface area contributed by atoms with Gasteiger partial charge in [0.25, 0.3) is 0 Å². The number of esters is 8. The number of benzene rings is 8. The smallest absolute Gasteiger partial charge is 0.344 e. The largest absolute Gasteiger partial charge is 0.504 e. The first-order valence-electron chi connectivity index (χ1n) is 28.8. The van der Waals surface area contributed by atoms with Crippen molar-refractivity contribution in [3.63, 3.8) is 0 Å². The highest BCUT2D eigenvalue weighted by molar-refractivity contribution is 6.01. The molecule has 8 rings (SSSR count). The molecule has 0 aliphatic rings. The van der Waals surface area contributed by atoms with E-state index in [1.54, 1.807) is 0 Å². The number of aromatic hydroxyl groups is 18. The van der Waals surface area contributed by atoms with Crippen LogP contribution in [0.3, 0.4) is 0 Å². The van der Waals surface area contributed by atoms with Crippen LogP contribution in [0.2, 0.25) is 0 Å². The number of rotatable bonds is 25. The SMILES string of the molecule is O=C(OCCCCCCCCCCOC(=O)c1cc(OC(=O)c2cc(O)c(O)c(O)c2)c(OC(=O)c2cc(O)c(O)c(O)c2)c(OC(=O)c2cc(O)c(O)c(O)c2)c1)c1cc(OC(=O)c2cc(O)c(O)c(O)c2)c(OC(=O)c2cc(O)c(O)c(O)c2)c(OC(=O)c2cc(O)c(O)c(O)c2)c1. The van der Waals surface area contributed by atoms with Crippen molar-refractivity contribution in [3.05, 3.63) is 142 Å². The number of carbonyl (C=O) groups excluding carboxylic acids is 8. The van der Waals surface area contributed by atoms with Gasteiger partial charge in [0.1, 0.15) is 0 Å². The van der Waals surface area contributed by atoms with Gasteiger partial charge < -0.3 is 130 Å². The molecule has 0 aliphatic carbocycles. The highest BCUT2D eigenvalue weighted by atomic mass is 16.6. The summed E-state index contributed by atoms with van der Waals surface area (Å²) < 4.78 is 43.4. The molecule has 0 saturated carbocycles. The predicted molar refractivity (Wildman–Crippen MR) is 329 cm³/mol. The molecule has 0 amide bonds. The lowest BCUT2D eigenvalue weighted by Crippen LogP contribution is -2.17. The van der Waals surface area contributed by atoms with E-state index in [1.165, 1.54) is 0 Å². The second kappa shape index (κ2) is 30.5. The second-order valence-electron chi connectivity index (χ2n) is 21.2. The Kier molecular flexibility index (Phi) is 21.9. The Hall–Kier alpha value is -14.1. The molecule has 0 heterocycles. The molecule has 0 atom stereocenters. The molecule has 0 unspecified atom stereocenters. The Bertz CT molecular complexity index is 4000. The number of ether oxygens (including phenoxy) is 8. The summed E-state index contributed by atoms with van der Waals surface area (Å²) in [5.41, 5.74) is -5.22. The molecule has 34 heteroatoms. The molecule has 522 valence electrons. The topological polar surface area (TPSA) is 575 Å². The van der Waals surface area contributed by atoms with Crippen molar-refractivity contribution in [2.24, 2.45) is 0 Å². The Morgan fingerprint density at radius 3 is 0.530 bits per heavy atom. The highest BCUT2D eigenvalue weighted by Gasteiger charge is 2.32. The van der Waals surface area contributed by atoms with Crippen molar-refractivity contribution in [3.8, 4) is 138 Å². The minimum atomic E-state index is -1.52. The number of carbonyl (C=O) groups is 8. The van der Waals surface area contributed by atoms with Crippen LogP contribution < -0.4 is 28.4 Å². The number of hydrogen-bond acceptors (Lipinski definition) is 34. The van der Waals surface area contributed by atoms with E-state index in [2.05, 4.69) is 0 Å². The molecule has 0 aliphatic heterocycles. The number of phenolic OH excluding ortho intramolecular Hbond substituents is 18. The quantitative estimate of drug-likeness (QED) is 0.0112. The van der Waals surface area contributed by atoms with E-state index in [0.29, 0.717) is 111 Å². The van der Waals surface area contributed by atoms with E-state index >= 15 is 0 Å².